The molecule has 0 amide bonds. The van der Waals surface area contributed by atoms with Gasteiger partial charge in [0.05, 0.1) is 42.5 Å². The van der Waals surface area contributed by atoms with Gasteiger partial charge in [0, 0.05) is 25.6 Å². The molecule has 1 aliphatic carbocycles. The van der Waals surface area contributed by atoms with Gasteiger partial charge in [-0.3, -0.25) is 9.78 Å². The van der Waals surface area contributed by atoms with E-state index in [-0.39, 0.29) is 25.0 Å². The van der Waals surface area contributed by atoms with Gasteiger partial charge in [-0.25, -0.2) is 20.0 Å². The molecule has 0 aromatic carbocycles. The first-order valence-electron chi connectivity index (χ1n) is 14.1. The van der Waals surface area contributed by atoms with Crippen molar-refractivity contribution >= 4 is 34.8 Å². The Hall–Kier alpha value is -3.61. The molecule has 226 valence electrons. The molecule has 1 unspecified atom stereocenters. The number of hydrogen-bond donors (Lipinski definition) is 2. The summed E-state index contributed by atoms with van der Waals surface area (Å²) in [5, 5.41) is 3.06. The molecule has 1 aliphatic rings. The molecule has 12 heteroatoms. The highest BCUT2D eigenvalue weighted by Crippen LogP contribution is 2.44. The van der Waals surface area contributed by atoms with Crippen LogP contribution in [0.1, 0.15) is 69.8 Å². The van der Waals surface area contributed by atoms with Crippen LogP contribution >= 0.6 is 0 Å². The van der Waals surface area contributed by atoms with Gasteiger partial charge in [-0.2, -0.15) is 0 Å². The Balaban J connectivity index is 2.03. The second-order valence-corrected chi connectivity index (χ2v) is 11.8. The summed E-state index contributed by atoms with van der Waals surface area (Å²) in [6.45, 7) is 12.6. The Labute approximate surface area is 251 Å². The van der Waals surface area contributed by atoms with Crippen LogP contribution in [0.25, 0.3) is 5.70 Å². The number of likely N-dealkylation sites (N-methyl/N-ethyl adjacent to an activating group) is 1. The van der Waals surface area contributed by atoms with Gasteiger partial charge in [-0.05, 0) is 68.9 Å². The van der Waals surface area contributed by atoms with E-state index in [1.165, 1.54) is 6.33 Å². The maximum Gasteiger partial charge on any atom is 0.226 e. The Kier molecular flexibility index (Phi) is 12.2. The van der Waals surface area contributed by atoms with Gasteiger partial charge in [-0.1, -0.05) is 13.5 Å². The van der Waals surface area contributed by atoms with E-state index in [0.29, 0.717) is 57.2 Å². The van der Waals surface area contributed by atoms with Crippen LogP contribution in [0.4, 0.5) is 0 Å². The fourth-order valence-electron chi connectivity index (χ4n) is 4.10. The molecule has 1 fully saturated rings. The Morgan fingerprint density at radius 2 is 2.05 bits per heavy atom. The predicted molar refractivity (Wildman–Crippen MR) is 168 cm³/mol. The lowest BCUT2D eigenvalue weighted by atomic mass is 10.1. The van der Waals surface area contributed by atoms with E-state index in [1.807, 2.05) is 25.8 Å². The molecule has 11 nitrogen and oxygen atoms in total. The lowest BCUT2D eigenvalue weighted by Gasteiger charge is -2.29. The van der Waals surface area contributed by atoms with Crippen LogP contribution in [0.5, 0.6) is 5.88 Å². The number of nitrogens with zero attached hydrogens (tertiary/aromatic N) is 6. The van der Waals surface area contributed by atoms with Gasteiger partial charge in [0.15, 0.2) is 22.9 Å². The molecular weight excluding hydrogens is 552 g/mol. The number of nitrogens with two attached hydrogens (primary N) is 1. The van der Waals surface area contributed by atoms with Crippen molar-refractivity contribution in [2.24, 2.45) is 15.7 Å². The molecule has 0 radical (unpaired) electrons. The van der Waals surface area contributed by atoms with E-state index in [1.54, 1.807) is 25.4 Å². The number of amidine groups is 2. The number of aliphatic imine (C=N–C) groups is 2. The Morgan fingerprint density at radius 1 is 1.31 bits per heavy atom. The van der Waals surface area contributed by atoms with Crippen LogP contribution in [-0.4, -0.2) is 74.9 Å². The second-order valence-electron chi connectivity index (χ2n) is 10.1. The van der Waals surface area contributed by atoms with E-state index in [0.717, 1.165) is 30.5 Å². The van der Waals surface area contributed by atoms with Crippen molar-refractivity contribution in [1.82, 2.24) is 25.2 Å². The van der Waals surface area contributed by atoms with Gasteiger partial charge in [-0.15, -0.1) is 0 Å². The smallest absolute Gasteiger partial charge is 0.226 e. The van der Waals surface area contributed by atoms with Crippen molar-refractivity contribution in [2.75, 3.05) is 26.5 Å². The highest BCUT2D eigenvalue weighted by Gasteiger charge is 2.31. The topological polar surface area (TPSA) is 154 Å². The van der Waals surface area contributed by atoms with E-state index in [2.05, 4.69) is 40.7 Å². The summed E-state index contributed by atoms with van der Waals surface area (Å²) >= 11 is -1.09. The van der Waals surface area contributed by atoms with Gasteiger partial charge >= 0.3 is 0 Å². The van der Waals surface area contributed by atoms with Crippen LogP contribution in [0.2, 0.25) is 0 Å². The van der Waals surface area contributed by atoms with Crippen LogP contribution < -0.4 is 15.8 Å². The van der Waals surface area contributed by atoms with Crippen molar-refractivity contribution < 1.29 is 14.1 Å². The summed E-state index contributed by atoms with van der Waals surface area (Å²) in [4.78, 5) is 37.8. The highest BCUT2D eigenvalue weighted by molar-refractivity contribution is 7.91. The number of hydrogen-bond acceptors (Lipinski definition) is 9. The van der Waals surface area contributed by atoms with E-state index >= 15 is 0 Å². The lowest BCUT2D eigenvalue weighted by Crippen LogP contribution is -2.37. The second kappa shape index (κ2) is 15.6. The minimum Gasteiger partial charge on any atom is -0.611 e. The third kappa shape index (κ3) is 8.24. The lowest BCUT2D eigenvalue weighted by molar-refractivity contribution is -0.102. The number of methoxy groups -OCH3 is 1. The molecular formula is C30H42N8O3S. The van der Waals surface area contributed by atoms with Crippen LogP contribution in [0.3, 0.4) is 0 Å². The molecule has 3 rings (SSSR count). The summed E-state index contributed by atoms with van der Waals surface area (Å²) in [6, 6.07) is 3.65. The standard InChI is InChI=1S/C30H42N8O3S/c1-8-20(4)38(6)29(36-21(5)26-28(22-10-11-22)34-18-35-30(26)41-7)27(19(3)14-31)37-25(17-39)33-15-23-12-13-24(16-32-23)42(40)9-2/h12-13,16-18,20,22H,5,8-11,14-15,31H2,1-4,6-7H3,(H,33,37)/b27-19-,36-29+/t20-,42?/m1/s1. The van der Waals surface area contributed by atoms with Gasteiger partial charge in [0.1, 0.15) is 17.8 Å². The zero-order chi connectivity index (χ0) is 30.8. The maximum absolute atomic E-state index is 12.2. The third-order valence-electron chi connectivity index (χ3n) is 7.15. The highest BCUT2D eigenvalue weighted by atomic mass is 32.2. The fourth-order valence-corrected chi connectivity index (χ4v) is 4.82. The first kappa shape index (κ1) is 32.9. The number of carbonyl (C=O) groups is 1. The molecule has 0 saturated heterocycles. The molecule has 2 aromatic heterocycles. The summed E-state index contributed by atoms with van der Waals surface area (Å²) in [6.07, 6.45) is 6.66. The number of aldehydes is 1. The molecule has 0 spiro atoms. The van der Waals surface area contributed by atoms with E-state index in [4.69, 9.17) is 20.5 Å². The number of rotatable bonds is 14. The SMILES string of the molecule is C=C(\N=C(C(/N=C(\C=O)NCc1ccc([S+]([O-])CC)cn1)=C(\C)CN)\N(C)[C@H](C)CC)c1c(OC)ncnc1C1CC1. The van der Waals surface area contributed by atoms with Crippen LogP contribution in [-0.2, 0) is 22.5 Å². The molecule has 0 bridgehead atoms. The van der Waals surface area contributed by atoms with Crippen LogP contribution in [0, 0.1) is 0 Å². The summed E-state index contributed by atoms with van der Waals surface area (Å²) in [5.41, 5.74) is 9.94. The Bertz CT molecular complexity index is 1340. The van der Waals surface area contributed by atoms with E-state index in [9.17, 15) is 9.35 Å². The molecule has 0 aliphatic heterocycles. The third-order valence-corrected chi connectivity index (χ3v) is 8.45. The molecule has 2 aromatic rings. The number of pyridine rings is 1. The maximum atomic E-state index is 12.2. The van der Waals surface area contributed by atoms with Gasteiger partial charge in [0.2, 0.25) is 5.88 Å². The summed E-state index contributed by atoms with van der Waals surface area (Å²) < 4.78 is 17.6. The van der Waals surface area contributed by atoms with Crippen molar-refractivity contribution in [3.63, 3.8) is 0 Å². The summed E-state index contributed by atoms with van der Waals surface area (Å²) in [7, 11) is 3.49. The van der Waals surface area contributed by atoms with Gasteiger partial charge < -0.3 is 25.2 Å². The van der Waals surface area contributed by atoms with Gasteiger partial charge in [0.25, 0.3) is 0 Å². The first-order valence-corrected chi connectivity index (χ1v) is 15.4. The number of nitrogens with one attached hydrogen (secondary N) is 1. The van der Waals surface area contributed by atoms with Crippen LogP contribution in [0.15, 0.2) is 57.4 Å². The van der Waals surface area contributed by atoms with E-state index < -0.39 is 11.2 Å². The molecule has 1 saturated carbocycles. The zero-order valence-electron chi connectivity index (χ0n) is 25.4. The number of aromatic nitrogens is 3. The molecule has 2 heterocycles. The van der Waals surface area contributed by atoms with Crippen molar-refractivity contribution in [1.29, 1.82) is 0 Å². The monoisotopic (exact) mass is 594 g/mol. The average molecular weight is 595 g/mol. The first-order chi connectivity index (χ1) is 20.2. The quantitative estimate of drug-likeness (QED) is 0.144. The summed E-state index contributed by atoms with van der Waals surface area (Å²) in [5.74, 6) is 1.84. The minimum atomic E-state index is -1.09. The van der Waals surface area contributed by atoms with Crippen molar-refractivity contribution in [3.8, 4) is 5.88 Å². The molecule has 42 heavy (non-hydrogen) atoms. The largest absolute Gasteiger partial charge is 0.611 e. The minimum absolute atomic E-state index is 0.0909. The van der Waals surface area contributed by atoms with Crippen molar-refractivity contribution in [2.45, 2.75) is 70.4 Å². The fraction of sp³-hybridized carbons (Fsp3) is 0.467. The normalized spacial score (nSPS) is 15.9. The molecule has 3 N–H and O–H groups in total. The van der Waals surface area contributed by atoms with Crippen molar-refractivity contribution in [3.05, 3.63) is 59.5 Å². The zero-order valence-corrected chi connectivity index (χ0v) is 26.2. The number of ether oxygens (including phenoxy) is 1. The molecule has 2 atom stereocenters. The average Bonchev–Trinajstić information content (AvgIpc) is 3.88. The number of carbonyl (C=O) groups excluding carboxylic acids is 1. The predicted octanol–water partition coefficient (Wildman–Crippen LogP) is 3.60. The Morgan fingerprint density at radius 3 is 2.60 bits per heavy atom.